The first-order valence-corrected chi connectivity index (χ1v) is 12.9. The molecule has 0 aliphatic rings. The molecule has 3 rings (SSSR count). The van der Waals surface area contributed by atoms with E-state index in [-0.39, 0.29) is 19.2 Å². The van der Waals surface area contributed by atoms with E-state index in [9.17, 15) is 13.2 Å². The lowest BCUT2D eigenvalue weighted by atomic mass is 10.1. The average molecular weight is 535 g/mol. The molecule has 0 radical (unpaired) electrons. The molecule has 4 N–H and O–H groups in total. The van der Waals surface area contributed by atoms with Crippen LogP contribution in [0.5, 0.6) is 5.75 Å². The first-order chi connectivity index (χ1) is 17.8. The number of methoxy groups -OCH3 is 1. The van der Waals surface area contributed by atoms with Gasteiger partial charge in [-0.15, -0.1) is 0 Å². The zero-order valence-electron chi connectivity index (χ0n) is 21.2. The van der Waals surface area contributed by atoms with Gasteiger partial charge in [-0.1, -0.05) is 25.3 Å². The van der Waals surface area contributed by atoms with E-state index in [1.807, 2.05) is 24.3 Å². The van der Waals surface area contributed by atoms with Crippen LogP contribution in [0, 0.1) is 11.8 Å². The molecular formula is C27H33F3N4O2S. The number of fused-ring (bicyclic) bond motifs is 1. The summed E-state index contributed by atoms with van der Waals surface area (Å²) in [7, 11) is 1.56. The maximum Gasteiger partial charge on any atom is 0.406 e. The number of anilines is 2. The van der Waals surface area contributed by atoms with E-state index in [4.69, 9.17) is 9.84 Å². The van der Waals surface area contributed by atoms with Crippen molar-refractivity contribution in [2.45, 2.75) is 50.3 Å². The van der Waals surface area contributed by atoms with Crippen LogP contribution in [0.15, 0.2) is 47.4 Å². The highest BCUT2D eigenvalue weighted by Crippen LogP contribution is 2.31. The van der Waals surface area contributed by atoms with Crippen LogP contribution < -0.4 is 20.1 Å². The number of aromatic nitrogens is 1. The molecule has 1 atom stereocenters. The number of rotatable bonds is 12. The van der Waals surface area contributed by atoms with E-state index in [1.54, 1.807) is 25.3 Å². The summed E-state index contributed by atoms with van der Waals surface area (Å²) < 4.78 is 50.0. The second-order valence-electron chi connectivity index (χ2n) is 8.54. The van der Waals surface area contributed by atoms with Crippen molar-refractivity contribution in [3.8, 4) is 17.6 Å². The van der Waals surface area contributed by atoms with Gasteiger partial charge < -0.3 is 25.0 Å². The summed E-state index contributed by atoms with van der Waals surface area (Å²) in [4.78, 5) is 0.913. The number of ether oxygens (including phenoxy) is 1. The fourth-order valence-electron chi connectivity index (χ4n) is 3.97. The Bertz CT molecular complexity index is 1230. The molecule has 200 valence electrons. The van der Waals surface area contributed by atoms with Crippen LogP contribution in [0.3, 0.4) is 0 Å². The van der Waals surface area contributed by atoms with E-state index in [1.165, 1.54) is 16.5 Å². The first kappa shape index (κ1) is 28.6. The van der Waals surface area contributed by atoms with Crippen molar-refractivity contribution in [1.82, 2.24) is 9.29 Å². The highest BCUT2D eigenvalue weighted by molar-refractivity contribution is 7.97. The Labute approximate surface area is 220 Å². The van der Waals surface area contributed by atoms with Gasteiger partial charge in [0, 0.05) is 28.6 Å². The van der Waals surface area contributed by atoms with Crippen LogP contribution in [0.4, 0.5) is 24.5 Å². The normalized spacial score (nSPS) is 12.2. The number of aliphatic hydroxyl groups is 1. The maximum atomic E-state index is 13.4. The third kappa shape index (κ3) is 8.25. The third-order valence-corrected chi connectivity index (χ3v) is 6.41. The lowest BCUT2D eigenvalue weighted by Crippen LogP contribution is -2.18. The topological polar surface area (TPSA) is 70.5 Å². The maximum absolute atomic E-state index is 13.4. The predicted octanol–water partition coefficient (Wildman–Crippen LogP) is 5.87. The van der Waals surface area contributed by atoms with Gasteiger partial charge in [0.15, 0.2) is 0 Å². The summed E-state index contributed by atoms with van der Waals surface area (Å²) in [5, 5.41) is 16.2. The molecule has 0 fully saturated rings. The third-order valence-electron chi connectivity index (χ3n) is 5.57. The molecule has 0 aliphatic carbocycles. The summed E-state index contributed by atoms with van der Waals surface area (Å²) in [5.41, 5.74) is 2.32. The molecule has 0 bridgehead atoms. The van der Waals surface area contributed by atoms with Crippen LogP contribution >= 0.6 is 11.9 Å². The Morgan fingerprint density at radius 2 is 1.97 bits per heavy atom. The summed E-state index contributed by atoms with van der Waals surface area (Å²) >= 11 is 1.38. The minimum atomic E-state index is -4.38. The number of hydrogen-bond donors (Lipinski definition) is 4. The molecule has 6 nitrogen and oxygen atoms in total. The number of hydrogen-bond acceptors (Lipinski definition) is 6. The van der Waals surface area contributed by atoms with Crippen molar-refractivity contribution < 1.29 is 23.0 Å². The van der Waals surface area contributed by atoms with Gasteiger partial charge in [-0.25, -0.2) is 0 Å². The van der Waals surface area contributed by atoms with Crippen molar-refractivity contribution in [3.63, 3.8) is 0 Å². The molecule has 1 heterocycles. The lowest BCUT2D eigenvalue weighted by molar-refractivity contribution is -0.140. The largest absolute Gasteiger partial charge is 0.495 e. The van der Waals surface area contributed by atoms with E-state index in [2.05, 4.69) is 41.0 Å². The molecule has 1 aromatic heterocycles. The van der Waals surface area contributed by atoms with Gasteiger partial charge >= 0.3 is 6.18 Å². The molecule has 0 saturated heterocycles. The van der Waals surface area contributed by atoms with Gasteiger partial charge in [0.2, 0.25) is 0 Å². The van der Waals surface area contributed by atoms with Gasteiger partial charge in [0.1, 0.15) is 12.3 Å². The number of benzene rings is 2. The predicted molar refractivity (Wildman–Crippen MR) is 145 cm³/mol. The second kappa shape index (κ2) is 13.5. The van der Waals surface area contributed by atoms with Gasteiger partial charge in [0.05, 0.1) is 37.2 Å². The molecule has 0 spiro atoms. The van der Waals surface area contributed by atoms with Crippen molar-refractivity contribution in [3.05, 3.63) is 48.2 Å². The Hall–Kier alpha value is -3.00. The van der Waals surface area contributed by atoms with Gasteiger partial charge in [-0.05, 0) is 67.6 Å². The molecule has 0 amide bonds. The minimum absolute atomic E-state index is 0.0418. The summed E-state index contributed by atoms with van der Waals surface area (Å²) in [6.07, 6.45) is -2.41. The van der Waals surface area contributed by atoms with Crippen molar-refractivity contribution in [1.29, 1.82) is 0 Å². The van der Waals surface area contributed by atoms with Crippen LogP contribution in [0.1, 0.15) is 32.4 Å². The van der Waals surface area contributed by atoms with E-state index < -0.39 is 12.7 Å². The first-order valence-electron chi connectivity index (χ1n) is 12.1. The minimum Gasteiger partial charge on any atom is -0.495 e. The second-order valence-corrected chi connectivity index (χ2v) is 9.50. The van der Waals surface area contributed by atoms with Crippen LogP contribution in [0.25, 0.3) is 10.9 Å². The van der Waals surface area contributed by atoms with Crippen molar-refractivity contribution >= 4 is 34.2 Å². The highest BCUT2D eigenvalue weighted by Gasteiger charge is 2.30. The number of halogens is 3. The highest BCUT2D eigenvalue weighted by atomic mass is 32.2. The molecule has 1 unspecified atom stereocenters. The van der Waals surface area contributed by atoms with E-state index in [0.717, 1.165) is 34.5 Å². The van der Waals surface area contributed by atoms with E-state index >= 15 is 0 Å². The Balaban J connectivity index is 1.82. The van der Waals surface area contributed by atoms with Crippen LogP contribution in [-0.4, -0.2) is 48.7 Å². The quantitative estimate of drug-likeness (QED) is 0.133. The van der Waals surface area contributed by atoms with Crippen LogP contribution in [0.2, 0.25) is 0 Å². The monoisotopic (exact) mass is 534 g/mol. The standard InChI is InChI=1S/C27H33F3N4O2S/c1-4-7-19(2)33-23-9-5-10-25-22(23)16-20(34(25)18-27(28,29)30)8-6-13-31-24-12-11-21(17-26(24)36-3)37-32-14-15-35/h5,9-12,16-17,19,31-33,35H,4,7,13-15,18H2,1-3H3. The fraction of sp³-hybridized carbons (Fsp3) is 0.407. The molecule has 37 heavy (non-hydrogen) atoms. The molecule has 2 aromatic carbocycles. The zero-order valence-corrected chi connectivity index (χ0v) is 22.0. The summed E-state index contributed by atoms with van der Waals surface area (Å²) in [6, 6.07) is 12.9. The van der Waals surface area contributed by atoms with Gasteiger partial charge in [0.25, 0.3) is 0 Å². The number of alkyl halides is 3. The summed E-state index contributed by atoms with van der Waals surface area (Å²) in [5.74, 6) is 6.50. The average Bonchev–Trinajstić information content (AvgIpc) is 3.19. The van der Waals surface area contributed by atoms with Crippen molar-refractivity contribution in [2.24, 2.45) is 0 Å². The Kier molecular flexibility index (Phi) is 10.4. The molecule has 3 aromatic rings. The molecule has 10 heteroatoms. The molecule has 0 saturated carbocycles. The van der Waals surface area contributed by atoms with Gasteiger partial charge in [-0.2, -0.15) is 13.2 Å². The van der Waals surface area contributed by atoms with E-state index in [0.29, 0.717) is 23.5 Å². The smallest absolute Gasteiger partial charge is 0.406 e. The number of aliphatic hydroxyl groups excluding tert-OH is 1. The summed E-state index contributed by atoms with van der Waals surface area (Å²) in [6.45, 7) is 3.77. The lowest BCUT2D eigenvalue weighted by Gasteiger charge is -2.16. The Morgan fingerprint density at radius 1 is 1.16 bits per heavy atom. The zero-order chi connectivity index (χ0) is 26.8. The van der Waals surface area contributed by atoms with Crippen LogP contribution in [-0.2, 0) is 6.54 Å². The number of nitrogens with zero attached hydrogens (tertiary/aromatic N) is 1. The molecule has 0 aliphatic heterocycles. The Morgan fingerprint density at radius 3 is 2.68 bits per heavy atom. The van der Waals surface area contributed by atoms with Crippen molar-refractivity contribution in [2.75, 3.05) is 37.4 Å². The fourth-order valence-corrected chi connectivity index (χ4v) is 4.63. The molecular weight excluding hydrogens is 501 g/mol. The van der Waals surface area contributed by atoms with Gasteiger partial charge in [-0.3, -0.25) is 4.72 Å². The SMILES string of the molecule is CCCC(C)Nc1cccc2c1cc(C#CCNc1ccc(SNCCO)cc1OC)n2CC(F)(F)F. The number of nitrogens with one attached hydrogen (secondary N) is 3.